The molecule has 1 aliphatic carbocycles. The molecule has 2 N–H and O–H groups in total. The summed E-state index contributed by atoms with van der Waals surface area (Å²) in [4.78, 5) is 4.35. The molecule has 0 aromatic carbocycles. The third-order valence-electron chi connectivity index (χ3n) is 4.59. The van der Waals surface area contributed by atoms with Gasteiger partial charge in [0.05, 0.1) is 12.0 Å². The van der Waals surface area contributed by atoms with E-state index < -0.39 is 0 Å². The minimum Gasteiger partial charge on any atom is -0.330 e. The molecule has 1 unspecified atom stereocenters. The molecule has 1 aromatic rings. The summed E-state index contributed by atoms with van der Waals surface area (Å²) in [6, 6.07) is 0.755. The normalized spacial score (nSPS) is 25.7. The highest BCUT2D eigenvalue weighted by Crippen LogP contribution is 2.35. The number of nitrogens with two attached hydrogens (primary N) is 1. The highest BCUT2D eigenvalue weighted by Gasteiger charge is 2.24. The van der Waals surface area contributed by atoms with E-state index in [0.717, 1.165) is 12.3 Å². The lowest BCUT2D eigenvalue weighted by atomic mass is 9.84. The van der Waals surface area contributed by atoms with Crippen molar-refractivity contribution in [3.8, 4) is 0 Å². The van der Waals surface area contributed by atoms with Crippen LogP contribution in [0.2, 0.25) is 0 Å². The molecule has 0 saturated heterocycles. The van der Waals surface area contributed by atoms with Crippen molar-refractivity contribution in [2.45, 2.75) is 71.4 Å². The Bertz CT molecular complexity index is 375. The van der Waals surface area contributed by atoms with E-state index in [2.05, 4.69) is 30.3 Å². The summed E-state index contributed by atoms with van der Waals surface area (Å²) in [5.41, 5.74) is 7.57. The van der Waals surface area contributed by atoms with Crippen LogP contribution in [-0.4, -0.2) is 9.55 Å². The SMILES string of the molecule is CCC1CCC(n2cncc2C(N)CC(C)C)CC1. The fraction of sp³-hybridized carbons (Fsp3) is 0.812. The molecule has 0 aliphatic heterocycles. The van der Waals surface area contributed by atoms with Crippen LogP contribution in [-0.2, 0) is 0 Å². The van der Waals surface area contributed by atoms with Crippen LogP contribution in [0.3, 0.4) is 0 Å². The Morgan fingerprint density at radius 1 is 1.32 bits per heavy atom. The topological polar surface area (TPSA) is 43.8 Å². The van der Waals surface area contributed by atoms with E-state index in [1.165, 1.54) is 37.8 Å². The van der Waals surface area contributed by atoms with Crippen LogP contribution in [0.25, 0.3) is 0 Å². The third-order valence-corrected chi connectivity index (χ3v) is 4.59. The van der Waals surface area contributed by atoms with E-state index in [9.17, 15) is 0 Å². The maximum Gasteiger partial charge on any atom is 0.0951 e. The minimum absolute atomic E-state index is 0.131. The van der Waals surface area contributed by atoms with Crippen molar-refractivity contribution < 1.29 is 0 Å². The van der Waals surface area contributed by atoms with Gasteiger partial charge in [0, 0.05) is 18.3 Å². The molecule has 1 saturated carbocycles. The Balaban J connectivity index is 2.03. The number of hydrogen-bond acceptors (Lipinski definition) is 2. The smallest absolute Gasteiger partial charge is 0.0951 e. The maximum atomic E-state index is 6.34. The molecular weight excluding hydrogens is 234 g/mol. The van der Waals surface area contributed by atoms with Gasteiger partial charge in [-0.15, -0.1) is 0 Å². The van der Waals surface area contributed by atoms with Crippen molar-refractivity contribution in [1.82, 2.24) is 9.55 Å². The summed E-state index contributed by atoms with van der Waals surface area (Å²) in [7, 11) is 0. The van der Waals surface area contributed by atoms with Crippen LogP contribution in [0.15, 0.2) is 12.5 Å². The van der Waals surface area contributed by atoms with Gasteiger partial charge in [-0.05, 0) is 43.9 Å². The Hall–Kier alpha value is -0.830. The molecule has 1 heterocycles. The summed E-state index contributed by atoms with van der Waals surface area (Å²) in [6.07, 6.45) is 11.6. The Labute approximate surface area is 117 Å². The predicted octanol–water partition coefficient (Wildman–Crippen LogP) is 4.07. The van der Waals surface area contributed by atoms with E-state index >= 15 is 0 Å². The van der Waals surface area contributed by atoms with Crippen molar-refractivity contribution in [3.63, 3.8) is 0 Å². The molecule has 2 rings (SSSR count). The average Bonchev–Trinajstić information content (AvgIpc) is 2.87. The first-order valence-electron chi connectivity index (χ1n) is 7.89. The number of aromatic nitrogens is 2. The van der Waals surface area contributed by atoms with Crippen LogP contribution < -0.4 is 5.73 Å². The molecule has 108 valence electrons. The Morgan fingerprint density at radius 2 is 2.00 bits per heavy atom. The minimum atomic E-state index is 0.131. The molecule has 3 heteroatoms. The molecule has 19 heavy (non-hydrogen) atoms. The molecule has 0 spiro atoms. The van der Waals surface area contributed by atoms with Gasteiger partial charge in [-0.2, -0.15) is 0 Å². The van der Waals surface area contributed by atoms with Crippen LogP contribution >= 0.6 is 0 Å². The van der Waals surface area contributed by atoms with E-state index in [0.29, 0.717) is 12.0 Å². The van der Waals surface area contributed by atoms with Gasteiger partial charge in [-0.3, -0.25) is 0 Å². The zero-order valence-electron chi connectivity index (χ0n) is 12.7. The summed E-state index contributed by atoms with van der Waals surface area (Å²) < 4.78 is 2.36. The molecule has 1 atom stereocenters. The fourth-order valence-electron chi connectivity index (χ4n) is 3.37. The predicted molar refractivity (Wildman–Crippen MR) is 79.9 cm³/mol. The van der Waals surface area contributed by atoms with Crippen molar-refractivity contribution in [1.29, 1.82) is 0 Å². The molecule has 0 radical (unpaired) electrons. The summed E-state index contributed by atoms with van der Waals surface area (Å²) in [6.45, 7) is 6.77. The van der Waals surface area contributed by atoms with Crippen molar-refractivity contribution in [2.75, 3.05) is 0 Å². The van der Waals surface area contributed by atoms with Crippen LogP contribution in [0.1, 0.15) is 77.1 Å². The maximum absolute atomic E-state index is 6.34. The lowest BCUT2D eigenvalue weighted by molar-refractivity contribution is 0.263. The highest BCUT2D eigenvalue weighted by molar-refractivity contribution is 5.06. The van der Waals surface area contributed by atoms with Gasteiger partial charge in [0.25, 0.3) is 0 Å². The number of nitrogens with zero attached hydrogens (tertiary/aromatic N) is 2. The van der Waals surface area contributed by atoms with Gasteiger partial charge in [-0.1, -0.05) is 27.2 Å². The van der Waals surface area contributed by atoms with E-state index in [1.807, 2.05) is 12.5 Å². The monoisotopic (exact) mass is 263 g/mol. The Morgan fingerprint density at radius 3 is 2.58 bits per heavy atom. The van der Waals surface area contributed by atoms with Gasteiger partial charge >= 0.3 is 0 Å². The van der Waals surface area contributed by atoms with Crippen molar-refractivity contribution in [3.05, 3.63) is 18.2 Å². The standard InChI is InChI=1S/C16H29N3/c1-4-13-5-7-14(8-6-13)19-11-18-10-16(19)15(17)9-12(2)3/h10-15H,4-9,17H2,1-3H3. The van der Waals surface area contributed by atoms with Gasteiger partial charge in [-0.25, -0.2) is 4.98 Å². The van der Waals surface area contributed by atoms with Gasteiger partial charge in [0.15, 0.2) is 0 Å². The first-order chi connectivity index (χ1) is 9.11. The highest BCUT2D eigenvalue weighted by atomic mass is 15.1. The van der Waals surface area contributed by atoms with Crippen LogP contribution in [0.5, 0.6) is 0 Å². The summed E-state index contributed by atoms with van der Waals surface area (Å²) in [5, 5.41) is 0. The van der Waals surface area contributed by atoms with Gasteiger partial charge in [0.1, 0.15) is 0 Å². The van der Waals surface area contributed by atoms with Crippen molar-refractivity contribution >= 4 is 0 Å². The average molecular weight is 263 g/mol. The molecule has 1 fully saturated rings. The number of hydrogen-bond donors (Lipinski definition) is 1. The molecule has 0 bridgehead atoms. The molecular formula is C16H29N3. The second-order valence-corrected chi connectivity index (χ2v) is 6.54. The summed E-state index contributed by atoms with van der Waals surface area (Å²) >= 11 is 0. The van der Waals surface area contributed by atoms with Crippen LogP contribution in [0, 0.1) is 11.8 Å². The zero-order valence-corrected chi connectivity index (χ0v) is 12.7. The lowest BCUT2D eigenvalue weighted by Gasteiger charge is -2.30. The molecule has 1 aromatic heterocycles. The second kappa shape index (κ2) is 6.56. The lowest BCUT2D eigenvalue weighted by Crippen LogP contribution is -2.23. The number of rotatable bonds is 5. The van der Waals surface area contributed by atoms with Crippen molar-refractivity contribution in [2.24, 2.45) is 17.6 Å². The fourth-order valence-corrected chi connectivity index (χ4v) is 3.37. The first kappa shape index (κ1) is 14.6. The largest absolute Gasteiger partial charge is 0.330 e. The molecule has 1 aliphatic rings. The first-order valence-corrected chi connectivity index (χ1v) is 7.89. The Kier molecular flexibility index (Phi) is 5.03. The quantitative estimate of drug-likeness (QED) is 0.870. The summed E-state index contributed by atoms with van der Waals surface area (Å²) in [5.74, 6) is 1.57. The zero-order chi connectivity index (χ0) is 13.8. The molecule has 3 nitrogen and oxygen atoms in total. The van der Waals surface area contributed by atoms with E-state index in [1.54, 1.807) is 0 Å². The van der Waals surface area contributed by atoms with Gasteiger partial charge < -0.3 is 10.3 Å². The third kappa shape index (κ3) is 3.59. The van der Waals surface area contributed by atoms with E-state index in [4.69, 9.17) is 5.73 Å². The van der Waals surface area contributed by atoms with Crippen LogP contribution in [0.4, 0.5) is 0 Å². The number of imidazole rings is 1. The van der Waals surface area contributed by atoms with Gasteiger partial charge in [0.2, 0.25) is 0 Å². The molecule has 0 amide bonds. The van der Waals surface area contributed by atoms with E-state index in [-0.39, 0.29) is 6.04 Å². The second-order valence-electron chi connectivity index (χ2n) is 6.54.